The van der Waals surface area contributed by atoms with Gasteiger partial charge in [-0.25, -0.2) is 4.79 Å². The summed E-state index contributed by atoms with van der Waals surface area (Å²) in [5.74, 6) is 0.870. The molecule has 0 amide bonds. The van der Waals surface area contributed by atoms with Gasteiger partial charge in [-0.1, -0.05) is 39.0 Å². The summed E-state index contributed by atoms with van der Waals surface area (Å²) in [7, 11) is 0. The van der Waals surface area contributed by atoms with Crippen LogP contribution in [0.3, 0.4) is 0 Å². The smallest absolute Gasteiger partial charge is 0.338 e. The number of aliphatic carboxylic acids is 1. The first-order chi connectivity index (χ1) is 13.1. The van der Waals surface area contributed by atoms with Crippen LogP contribution in [-0.4, -0.2) is 65.6 Å². The van der Waals surface area contributed by atoms with Gasteiger partial charge in [-0.15, -0.1) is 11.8 Å². The molecule has 0 radical (unpaired) electrons. The Bertz CT molecular complexity index is 578. The maximum atomic E-state index is 12.0. The van der Waals surface area contributed by atoms with Crippen LogP contribution in [0.15, 0.2) is 22.3 Å². The van der Waals surface area contributed by atoms with E-state index in [9.17, 15) is 9.90 Å². The van der Waals surface area contributed by atoms with Gasteiger partial charge in [-0.2, -0.15) is 0 Å². The van der Waals surface area contributed by atoms with Gasteiger partial charge in [0.15, 0.2) is 0 Å². The summed E-state index contributed by atoms with van der Waals surface area (Å²) >= 11 is 1.68. The molecule has 0 bridgehead atoms. The fraction of sp³-hybridized carbons (Fsp3) is 0.762. The van der Waals surface area contributed by atoms with Crippen molar-refractivity contribution in [2.75, 3.05) is 38.6 Å². The average Bonchev–Trinajstić information content (AvgIpc) is 2.68. The van der Waals surface area contributed by atoms with Crippen LogP contribution in [-0.2, 0) is 9.53 Å². The lowest BCUT2D eigenvalue weighted by Crippen LogP contribution is -2.53. The highest BCUT2D eigenvalue weighted by molar-refractivity contribution is 8.03. The van der Waals surface area contributed by atoms with Gasteiger partial charge in [0.25, 0.3) is 0 Å². The third-order valence-electron chi connectivity index (χ3n) is 6.01. The van der Waals surface area contributed by atoms with Crippen molar-refractivity contribution >= 4 is 17.7 Å². The van der Waals surface area contributed by atoms with E-state index < -0.39 is 5.97 Å². The Morgan fingerprint density at radius 3 is 2.59 bits per heavy atom. The Labute approximate surface area is 167 Å². The number of ether oxygens (including phenoxy) is 1. The minimum atomic E-state index is -0.803. The van der Waals surface area contributed by atoms with E-state index in [0.717, 1.165) is 61.5 Å². The molecule has 5 nitrogen and oxygen atoms in total. The fourth-order valence-corrected chi connectivity index (χ4v) is 5.59. The first-order valence-corrected chi connectivity index (χ1v) is 11.5. The number of carbonyl (C=O) groups is 1. The molecule has 3 rings (SSSR count). The van der Waals surface area contributed by atoms with Crippen LogP contribution >= 0.6 is 11.8 Å². The van der Waals surface area contributed by atoms with Crippen molar-refractivity contribution in [1.29, 1.82) is 0 Å². The highest BCUT2D eigenvalue weighted by Gasteiger charge is 2.34. The maximum Gasteiger partial charge on any atom is 0.338 e. The molecule has 3 aliphatic rings. The molecular formula is C21H34N2O3S. The molecule has 0 aromatic heterocycles. The SMILES string of the molecule is CCSC1=C(C(=O)O)C(C)=CC(N2CCOCC2)N1CCC1CCCCC1. The van der Waals surface area contributed by atoms with E-state index in [1.807, 2.05) is 6.92 Å². The van der Waals surface area contributed by atoms with Crippen molar-refractivity contribution in [3.63, 3.8) is 0 Å². The van der Waals surface area contributed by atoms with Crippen LogP contribution in [0.1, 0.15) is 52.4 Å². The van der Waals surface area contributed by atoms with Crippen molar-refractivity contribution in [2.24, 2.45) is 5.92 Å². The molecular weight excluding hydrogens is 360 g/mol. The second-order valence-electron chi connectivity index (χ2n) is 7.82. The Morgan fingerprint density at radius 2 is 1.96 bits per heavy atom. The number of rotatable bonds is 7. The van der Waals surface area contributed by atoms with E-state index in [1.165, 1.54) is 32.1 Å². The molecule has 1 N–H and O–H groups in total. The molecule has 152 valence electrons. The molecule has 1 unspecified atom stereocenters. The van der Waals surface area contributed by atoms with Crippen LogP contribution < -0.4 is 0 Å². The van der Waals surface area contributed by atoms with E-state index in [2.05, 4.69) is 22.8 Å². The third-order valence-corrected chi connectivity index (χ3v) is 7.01. The first-order valence-electron chi connectivity index (χ1n) is 10.5. The van der Waals surface area contributed by atoms with Gasteiger partial charge < -0.3 is 14.7 Å². The van der Waals surface area contributed by atoms with E-state index in [4.69, 9.17) is 4.74 Å². The zero-order valence-electron chi connectivity index (χ0n) is 16.8. The standard InChI is InChI=1S/C21H34N2O3S/c1-3-27-20-19(21(24)25)16(2)15-18(22-11-13-26-14-12-22)23(20)10-9-17-7-5-4-6-8-17/h15,17-18H,3-14H2,1-2H3,(H,24,25). The Kier molecular flexibility index (Phi) is 7.67. The van der Waals surface area contributed by atoms with Gasteiger partial charge in [-0.3, -0.25) is 4.90 Å². The third kappa shape index (κ3) is 5.09. The second kappa shape index (κ2) is 9.99. The van der Waals surface area contributed by atoms with Gasteiger partial charge in [-0.05, 0) is 36.7 Å². The highest BCUT2D eigenvalue weighted by Crippen LogP contribution is 2.37. The van der Waals surface area contributed by atoms with Crippen LogP contribution in [0.4, 0.5) is 0 Å². The predicted molar refractivity (Wildman–Crippen MR) is 111 cm³/mol. The van der Waals surface area contributed by atoms with Crippen molar-refractivity contribution in [1.82, 2.24) is 9.80 Å². The lowest BCUT2D eigenvalue weighted by Gasteiger charge is -2.45. The summed E-state index contributed by atoms with van der Waals surface area (Å²) in [6.45, 7) is 8.31. The van der Waals surface area contributed by atoms with E-state index in [0.29, 0.717) is 5.57 Å². The highest BCUT2D eigenvalue weighted by atomic mass is 32.2. The van der Waals surface area contributed by atoms with Gasteiger partial charge in [0, 0.05) is 19.6 Å². The quantitative estimate of drug-likeness (QED) is 0.706. The minimum absolute atomic E-state index is 0.148. The summed E-state index contributed by atoms with van der Waals surface area (Å²) in [5, 5.41) is 10.8. The number of thioether (sulfide) groups is 1. The molecule has 1 aliphatic carbocycles. The molecule has 6 heteroatoms. The van der Waals surface area contributed by atoms with Crippen molar-refractivity contribution in [2.45, 2.75) is 58.5 Å². The Balaban J connectivity index is 1.85. The number of hydrogen-bond donors (Lipinski definition) is 1. The fourth-order valence-electron chi connectivity index (χ4n) is 4.56. The van der Waals surface area contributed by atoms with Gasteiger partial charge in [0.2, 0.25) is 0 Å². The molecule has 2 heterocycles. The summed E-state index contributed by atoms with van der Waals surface area (Å²) in [6, 6.07) is 0. The molecule has 0 aromatic rings. The molecule has 2 aliphatic heterocycles. The lowest BCUT2D eigenvalue weighted by molar-refractivity contribution is -0.132. The van der Waals surface area contributed by atoms with Crippen molar-refractivity contribution < 1.29 is 14.6 Å². The summed E-state index contributed by atoms with van der Waals surface area (Å²) < 4.78 is 5.55. The topological polar surface area (TPSA) is 53.0 Å². The van der Waals surface area contributed by atoms with Crippen LogP contribution in [0.2, 0.25) is 0 Å². The molecule has 1 atom stereocenters. The van der Waals surface area contributed by atoms with Crippen LogP contribution in [0.5, 0.6) is 0 Å². The number of nitrogens with zero attached hydrogens (tertiary/aromatic N) is 2. The normalized spacial score (nSPS) is 25.6. The monoisotopic (exact) mass is 394 g/mol. The second-order valence-corrected chi connectivity index (χ2v) is 9.07. The van der Waals surface area contributed by atoms with Gasteiger partial charge in [0.05, 0.1) is 23.8 Å². The van der Waals surface area contributed by atoms with E-state index >= 15 is 0 Å². The molecule has 0 spiro atoms. The Hall–Kier alpha value is -0.980. The maximum absolute atomic E-state index is 12.0. The first kappa shape index (κ1) is 20.7. The lowest BCUT2D eigenvalue weighted by atomic mass is 9.87. The van der Waals surface area contributed by atoms with Crippen molar-refractivity contribution in [3.05, 3.63) is 22.3 Å². The zero-order valence-corrected chi connectivity index (χ0v) is 17.6. The van der Waals surface area contributed by atoms with E-state index in [-0.39, 0.29) is 6.17 Å². The zero-order chi connectivity index (χ0) is 19.2. The van der Waals surface area contributed by atoms with Crippen molar-refractivity contribution in [3.8, 4) is 0 Å². The molecule has 0 aromatic carbocycles. The molecule has 1 saturated carbocycles. The Morgan fingerprint density at radius 1 is 1.26 bits per heavy atom. The van der Waals surface area contributed by atoms with Crippen LogP contribution in [0, 0.1) is 5.92 Å². The summed E-state index contributed by atoms with van der Waals surface area (Å²) in [6.07, 6.45) is 10.2. The summed E-state index contributed by atoms with van der Waals surface area (Å²) in [5.41, 5.74) is 1.39. The van der Waals surface area contributed by atoms with E-state index in [1.54, 1.807) is 11.8 Å². The summed E-state index contributed by atoms with van der Waals surface area (Å²) in [4.78, 5) is 16.8. The largest absolute Gasteiger partial charge is 0.478 e. The van der Waals surface area contributed by atoms with Gasteiger partial charge >= 0.3 is 5.97 Å². The predicted octanol–water partition coefficient (Wildman–Crippen LogP) is 3.93. The van der Waals surface area contributed by atoms with Gasteiger partial charge in [0.1, 0.15) is 6.17 Å². The number of carboxylic acids is 1. The number of morpholine rings is 1. The number of hydrogen-bond acceptors (Lipinski definition) is 5. The number of carboxylic acid groups (broad SMARTS) is 1. The molecule has 2 fully saturated rings. The molecule has 27 heavy (non-hydrogen) atoms. The average molecular weight is 395 g/mol. The molecule has 1 saturated heterocycles. The van der Waals surface area contributed by atoms with Crippen LogP contribution in [0.25, 0.3) is 0 Å². The minimum Gasteiger partial charge on any atom is -0.478 e.